The summed E-state index contributed by atoms with van der Waals surface area (Å²) in [4.78, 5) is 15.5. The van der Waals surface area contributed by atoms with Gasteiger partial charge in [0.2, 0.25) is 0 Å². The fourth-order valence-electron chi connectivity index (χ4n) is 5.03. The molecule has 10 heteroatoms. The Hall–Kier alpha value is -3.59. The number of amides is 1. The molecule has 1 N–H and O–H groups in total. The maximum atomic E-state index is 14.1. The van der Waals surface area contributed by atoms with Crippen molar-refractivity contribution in [1.29, 1.82) is 0 Å². The molecule has 0 saturated heterocycles. The third-order valence-corrected chi connectivity index (χ3v) is 7.71. The zero-order valence-corrected chi connectivity index (χ0v) is 22.9. The van der Waals surface area contributed by atoms with E-state index in [1.807, 2.05) is 0 Å². The number of hydrogen-bond acceptors (Lipinski definition) is 5. The van der Waals surface area contributed by atoms with Crippen LogP contribution in [0, 0.1) is 5.92 Å². The van der Waals surface area contributed by atoms with Gasteiger partial charge in [-0.15, -0.1) is 0 Å². The first kappa shape index (κ1) is 28.0. The lowest BCUT2D eigenvalue weighted by molar-refractivity contribution is -0.138. The number of carbonyl (C=O) groups is 1. The first-order chi connectivity index (χ1) is 19.2. The molecule has 1 atom stereocenters. The van der Waals surface area contributed by atoms with E-state index >= 15 is 0 Å². The number of rotatable bonds is 9. The Morgan fingerprint density at radius 1 is 1.05 bits per heavy atom. The summed E-state index contributed by atoms with van der Waals surface area (Å²) in [7, 11) is 2.75. The van der Waals surface area contributed by atoms with Gasteiger partial charge in [0.1, 0.15) is 23.3 Å². The molecule has 3 aromatic carbocycles. The highest BCUT2D eigenvalue weighted by molar-refractivity contribution is 6.30. The number of alkyl halides is 3. The van der Waals surface area contributed by atoms with Crippen LogP contribution in [0.4, 0.5) is 24.5 Å². The maximum Gasteiger partial charge on any atom is 0.420 e. The van der Waals surface area contributed by atoms with E-state index in [1.165, 1.54) is 24.5 Å². The summed E-state index contributed by atoms with van der Waals surface area (Å²) >= 11 is 6.11. The van der Waals surface area contributed by atoms with Crippen LogP contribution >= 0.6 is 11.6 Å². The lowest BCUT2D eigenvalue weighted by atomic mass is 9.86. The molecule has 0 bridgehead atoms. The number of anilines is 2. The van der Waals surface area contributed by atoms with Crippen LogP contribution in [0.15, 0.2) is 54.6 Å². The number of carbonyl (C=O) groups excluding carboxylic acids is 1. The summed E-state index contributed by atoms with van der Waals surface area (Å²) in [5, 5.41) is 3.78. The molecular weight excluding hydrogens is 545 g/mol. The Morgan fingerprint density at radius 3 is 2.40 bits per heavy atom. The number of nitrogens with one attached hydrogen (secondary N) is 1. The van der Waals surface area contributed by atoms with Gasteiger partial charge in [-0.25, -0.2) is 0 Å². The molecule has 2 aliphatic rings. The van der Waals surface area contributed by atoms with Gasteiger partial charge >= 0.3 is 6.18 Å². The van der Waals surface area contributed by atoms with Gasteiger partial charge in [-0.1, -0.05) is 30.2 Å². The average molecular weight is 575 g/mol. The predicted molar refractivity (Wildman–Crippen MR) is 148 cm³/mol. The standard InChI is InChI=1S/C30H30ClF3N2O4/c1-38-23-13-22(14-24(15-23)40-17-18-4-3-5-18)35-28(19-6-8-21(31)9-7-19)29(37)36-11-10-20-12-27(39-2)25(16-26(20)36)30(32,33)34/h6-9,12-16,18,28,35H,3-5,10-11,17H2,1-2H3. The Bertz CT molecular complexity index is 1380. The van der Waals surface area contributed by atoms with Gasteiger partial charge < -0.3 is 24.4 Å². The fraction of sp³-hybridized carbons (Fsp3) is 0.367. The van der Waals surface area contributed by atoms with Crippen LogP contribution < -0.4 is 24.4 Å². The predicted octanol–water partition coefficient (Wildman–Crippen LogP) is 7.30. The van der Waals surface area contributed by atoms with Crippen LogP contribution in [0.5, 0.6) is 17.2 Å². The van der Waals surface area contributed by atoms with Crippen molar-refractivity contribution in [3.63, 3.8) is 0 Å². The van der Waals surface area contributed by atoms with Crippen molar-refractivity contribution in [2.24, 2.45) is 5.92 Å². The highest BCUT2D eigenvalue weighted by Gasteiger charge is 2.39. The molecule has 0 spiro atoms. The highest BCUT2D eigenvalue weighted by Crippen LogP contribution is 2.43. The topological polar surface area (TPSA) is 60.0 Å². The molecule has 1 unspecified atom stereocenters. The first-order valence-electron chi connectivity index (χ1n) is 13.1. The normalized spacial score (nSPS) is 15.7. The summed E-state index contributed by atoms with van der Waals surface area (Å²) in [6.45, 7) is 0.833. The van der Waals surface area contributed by atoms with E-state index in [1.54, 1.807) is 49.6 Å². The zero-order chi connectivity index (χ0) is 28.4. The molecule has 1 aliphatic carbocycles. The summed E-state index contributed by atoms with van der Waals surface area (Å²) in [6.07, 6.45) is -0.743. The lowest BCUT2D eigenvalue weighted by Crippen LogP contribution is -2.37. The number of halogens is 4. The summed E-state index contributed by atoms with van der Waals surface area (Å²) in [5.41, 5.74) is 1.08. The van der Waals surface area contributed by atoms with Gasteiger partial charge in [0.05, 0.1) is 26.4 Å². The number of fused-ring (bicyclic) bond motifs is 1. The quantitative estimate of drug-likeness (QED) is 0.291. The van der Waals surface area contributed by atoms with Crippen molar-refractivity contribution in [3.8, 4) is 17.2 Å². The molecular formula is C30H30ClF3N2O4. The van der Waals surface area contributed by atoms with Crippen molar-refractivity contribution in [1.82, 2.24) is 0 Å². The Morgan fingerprint density at radius 2 is 1.77 bits per heavy atom. The van der Waals surface area contributed by atoms with Gasteiger partial charge in [-0.05, 0) is 60.6 Å². The third-order valence-electron chi connectivity index (χ3n) is 7.46. The van der Waals surface area contributed by atoms with Crippen molar-refractivity contribution in [2.45, 2.75) is 37.9 Å². The van der Waals surface area contributed by atoms with E-state index in [2.05, 4.69) is 5.32 Å². The fourth-order valence-corrected chi connectivity index (χ4v) is 5.16. The monoisotopic (exact) mass is 574 g/mol. The largest absolute Gasteiger partial charge is 0.497 e. The van der Waals surface area contributed by atoms with E-state index in [-0.39, 0.29) is 18.0 Å². The van der Waals surface area contributed by atoms with E-state index in [0.717, 1.165) is 18.9 Å². The lowest BCUT2D eigenvalue weighted by Gasteiger charge is -2.27. The van der Waals surface area contributed by atoms with Crippen LogP contribution in [-0.4, -0.2) is 33.3 Å². The molecule has 1 heterocycles. The van der Waals surface area contributed by atoms with Gasteiger partial charge in [0, 0.05) is 41.1 Å². The number of ether oxygens (including phenoxy) is 3. The molecule has 6 nitrogen and oxygen atoms in total. The molecule has 1 amide bonds. The van der Waals surface area contributed by atoms with Crippen LogP contribution in [0.25, 0.3) is 0 Å². The Kier molecular flexibility index (Phi) is 8.03. The minimum Gasteiger partial charge on any atom is -0.497 e. The van der Waals surface area contributed by atoms with Crippen LogP contribution in [0.3, 0.4) is 0 Å². The molecule has 3 aromatic rings. The van der Waals surface area contributed by atoms with E-state index in [0.29, 0.717) is 52.3 Å². The molecule has 1 saturated carbocycles. The van der Waals surface area contributed by atoms with E-state index in [4.69, 9.17) is 25.8 Å². The van der Waals surface area contributed by atoms with Gasteiger partial charge in [0.15, 0.2) is 0 Å². The first-order valence-corrected chi connectivity index (χ1v) is 13.5. The third kappa shape index (κ3) is 5.94. The summed E-state index contributed by atoms with van der Waals surface area (Å²) in [6, 6.07) is 13.5. The second-order valence-corrected chi connectivity index (χ2v) is 10.5. The Balaban J connectivity index is 1.48. The maximum absolute atomic E-state index is 14.1. The van der Waals surface area contributed by atoms with E-state index in [9.17, 15) is 18.0 Å². The number of methoxy groups -OCH3 is 2. The molecule has 5 rings (SSSR count). The van der Waals surface area contributed by atoms with Crippen molar-refractivity contribution >= 4 is 28.9 Å². The number of benzene rings is 3. The van der Waals surface area contributed by atoms with Gasteiger partial charge in [-0.3, -0.25) is 4.79 Å². The number of nitrogens with zero attached hydrogens (tertiary/aromatic N) is 1. The molecule has 0 aromatic heterocycles. The van der Waals surface area contributed by atoms with Gasteiger partial charge in [-0.2, -0.15) is 13.2 Å². The molecule has 1 aliphatic heterocycles. The average Bonchev–Trinajstić information content (AvgIpc) is 3.32. The number of hydrogen-bond donors (Lipinski definition) is 1. The van der Waals surface area contributed by atoms with E-state index < -0.39 is 23.7 Å². The van der Waals surface area contributed by atoms with Crippen molar-refractivity contribution < 1.29 is 32.2 Å². The highest BCUT2D eigenvalue weighted by atomic mass is 35.5. The second-order valence-electron chi connectivity index (χ2n) is 10.1. The van der Waals surface area contributed by atoms with Crippen LogP contribution in [0.1, 0.15) is 42.0 Å². The smallest absolute Gasteiger partial charge is 0.420 e. The summed E-state index contributed by atoms with van der Waals surface area (Å²) < 4.78 is 57.9. The van der Waals surface area contributed by atoms with Crippen LogP contribution in [0.2, 0.25) is 5.02 Å². The van der Waals surface area contributed by atoms with Crippen LogP contribution in [-0.2, 0) is 17.4 Å². The molecule has 0 radical (unpaired) electrons. The van der Waals surface area contributed by atoms with Crippen molar-refractivity contribution in [2.75, 3.05) is 37.6 Å². The van der Waals surface area contributed by atoms with Gasteiger partial charge in [0.25, 0.3) is 5.91 Å². The van der Waals surface area contributed by atoms with Crippen molar-refractivity contribution in [3.05, 3.63) is 76.3 Å². The minimum atomic E-state index is -4.64. The minimum absolute atomic E-state index is 0.217. The summed E-state index contributed by atoms with van der Waals surface area (Å²) in [5.74, 6) is 1.01. The second kappa shape index (κ2) is 11.5. The zero-order valence-electron chi connectivity index (χ0n) is 22.2. The SMILES string of the molecule is COc1cc(NC(C(=O)N2CCc3cc(OC)c(C(F)(F)F)cc32)c2ccc(Cl)cc2)cc(OCC2CCC2)c1. The Labute approximate surface area is 236 Å². The molecule has 212 valence electrons. The molecule has 40 heavy (non-hydrogen) atoms. The molecule has 1 fully saturated rings.